The molecule has 1 saturated carbocycles. The minimum absolute atomic E-state index is 0.231. The second-order valence-corrected chi connectivity index (χ2v) is 3.23. The lowest BCUT2D eigenvalue weighted by Gasteiger charge is -2.46. The Hall–Kier alpha value is -0.0400. The maximum Gasteiger partial charge on any atom is 0.0180 e. The first-order valence-corrected chi connectivity index (χ1v) is 4.02. The van der Waals surface area contributed by atoms with Gasteiger partial charge in [-0.2, -0.15) is 0 Å². The average Bonchev–Trinajstić information content (AvgIpc) is 1.85. The molecule has 0 aromatic heterocycles. The predicted molar refractivity (Wildman–Crippen MR) is 40.2 cm³/mol. The fourth-order valence-electron chi connectivity index (χ4n) is 1.80. The molecular weight excluding hydrogens is 110 g/mol. The third kappa shape index (κ3) is 0.983. The standard InChI is InChI=1S/C8H17N/c1-3-7-5-6-8(7,9)4-2/h7H,3-6,9H2,1-2H3. The molecule has 1 rings (SSSR count). The molecule has 0 saturated heterocycles. The third-order valence-corrected chi connectivity index (χ3v) is 2.92. The SMILES string of the molecule is CCC1CCC1(N)CC. The molecule has 0 spiro atoms. The van der Waals surface area contributed by atoms with Crippen molar-refractivity contribution >= 4 is 0 Å². The first kappa shape index (κ1) is 7.07. The van der Waals surface area contributed by atoms with E-state index in [1.807, 2.05) is 0 Å². The molecule has 2 atom stereocenters. The Morgan fingerprint density at radius 3 is 2.33 bits per heavy atom. The predicted octanol–water partition coefficient (Wildman–Crippen LogP) is 1.91. The Kier molecular flexibility index (Phi) is 1.80. The molecule has 2 N–H and O–H groups in total. The molecular formula is C8H17N. The fourth-order valence-corrected chi connectivity index (χ4v) is 1.80. The first-order chi connectivity index (χ1) is 4.23. The van der Waals surface area contributed by atoms with Gasteiger partial charge in [-0.05, 0) is 25.2 Å². The summed E-state index contributed by atoms with van der Waals surface area (Å²) in [5, 5.41) is 0. The van der Waals surface area contributed by atoms with E-state index in [4.69, 9.17) is 5.73 Å². The van der Waals surface area contributed by atoms with Gasteiger partial charge in [-0.25, -0.2) is 0 Å². The van der Waals surface area contributed by atoms with Gasteiger partial charge in [0.2, 0.25) is 0 Å². The van der Waals surface area contributed by atoms with E-state index in [0.717, 1.165) is 12.3 Å². The topological polar surface area (TPSA) is 26.0 Å². The molecule has 0 radical (unpaired) electrons. The minimum Gasteiger partial charge on any atom is -0.325 e. The van der Waals surface area contributed by atoms with Crippen LogP contribution >= 0.6 is 0 Å². The van der Waals surface area contributed by atoms with Crippen molar-refractivity contribution in [3.63, 3.8) is 0 Å². The molecule has 0 aromatic rings. The van der Waals surface area contributed by atoms with Crippen molar-refractivity contribution in [2.45, 2.75) is 45.1 Å². The Labute approximate surface area is 57.6 Å². The average molecular weight is 127 g/mol. The van der Waals surface area contributed by atoms with E-state index >= 15 is 0 Å². The highest BCUT2D eigenvalue weighted by atomic mass is 14.8. The zero-order valence-corrected chi connectivity index (χ0v) is 6.48. The zero-order chi connectivity index (χ0) is 6.91. The summed E-state index contributed by atoms with van der Waals surface area (Å²) in [5.74, 6) is 0.822. The molecule has 1 heteroatoms. The largest absolute Gasteiger partial charge is 0.325 e. The molecule has 1 nitrogen and oxygen atoms in total. The van der Waals surface area contributed by atoms with Crippen LogP contribution < -0.4 is 5.73 Å². The summed E-state index contributed by atoms with van der Waals surface area (Å²) in [6.45, 7) is 4.43. The number of hydrogen-bond donors (Lipinski definition) is 1. The van der Waals surface area contributed by atoms with E-state index in [1.54, 1.807) is 0 Å². The Bertz CT molecular complexity index is 94.7. The highest BCUT2D eigenvalue weighted by Gasteiger charge is 2.39. The first-order valence-electron chi connectivity index (χ1n) is 4.02. The van der Waals surface area contributed by atoms with Crippen LogP contribution in [-0.4, -0.2) is 5.54 Å². The van der Waals surface area contributed by atoms with Gasteiger partial charge in [0.05, 0.1) is 0 Å². The van der Waals surface area contributed by atoms with Crippen LogP contribution in [0.25, 0.3) is 0 Å². The molecule has 9 heavy (non-hydrogen) atoms. The third-order valence-electron chi connectivity index (χ3n) is 2.92. The van der Waals surface area contributed by atoms with Crippen molar-refractivity contribution in [3.8, 4) is 0 Å². The molecule has 1 aliphatic rings. The quantitative estimate of drug-likeness (QED) is 0.602. The Balaban J connectivity index is 2.41. The maximum atomic E-state index is 6.06. The highest BCUT2D eigenvalue weighted by Crippen LogP contribution is 2.40. The Morgan fingerprint density at radius 2 is 2.22 bits per heavy atom. The van der Waals surface area contributed by atoms with Gasteiger partial charge < -0.3 is 5.73 Å². The number of rotatable bonds is 2. The van der Waals surface area contributed by atoms with Crippen molar-refractivity contribution in [2.24, 2.45) is 11.7 Å². The lowest BCUT2D eigenvalue weighted by atomic mass is 9.65. The van der Waals surface area contributed by atoms with Gasteiger partial charge in [-0.1, -0.05) is 20.3 Å². The van der Waals surface area contributed by atoms with E-state index in [2.05, 4.69) is 13.8 Å². The van der Waals surface area contributed by atoms with E-state index in [9.17, 15) is 0 Å². The van der Waals surface area contributed by atoms with Crippen LogP contribution in [0.4, 0.5) is 0 Å². The van der Waals surface area contributed by atoms with Crippen LogP contribution in [0.5, 0.6) is 0 Å². The molecule has 0 amide bonds. The van der Waals surface area contributed by atoms with Crippen LogP contribution in [0, 0.1) is 5.92 Å². The fraction of sp³-hybridized carbons (Fsp3) is 1.00. The summed E-state index contributed by atoms with van der Waals surface area (Å²) in [6, 6.07) is 0. The van der Waals surface area contributed by atoms with Gasteiger partial charge in [0.25, 0.3) is 0 Å². The molecule has 2 unspecified atom stereocenters. The van der Waals surface area contributed by atoms with Crippen LogP contribution in [0.3, 0.4) is 0 Å². The molecule has 1 fully saturated rings. The van der Waals surface area contributed by atoms with Gasteiger partial charge in [0.1, 0.15) is 0 Å². The molecule has 54 valence electrons. The zero-order valence-electron chi connectivity index (χ0n) is 6.48. The van der Waals surface area contributed by atoms with Gasteiger partial charge >= 0.3 is 0 Å². The molecule has 0 heterocycles. The monoisotopic (exact) mass is 127 g/mol. The van der Waals surface area contributed by atoms with Crippen LogP contribution in [0.1, 0.15) is 39.5 Å². The van der Waals surface area contributed by atoms with Crippen molar-refractivity contribution in [3.05, 3.63) is 0 Å². The smallest absolute Gasteiger partial charge is 0.0180 e. The Morgan fingerprint density at radius 1 is 1.56 bits per heavy atom. The summed E-state index contributed by atoms with van der Waals surface area (Å²) < 4.78 is 0. The van der Waals surface area contributed by atoms with Gasteiger partial charge in [-0.15, -0.1) is 0 Å². The lowest BCUT2D eigenvalue weighted by molar-refractivity contribution is 0.118. The van der Waals surface area contributed by atoms with E-state index in [-0.39, 0.29) is 5.54 Å². The van der Waals surface area contributed by atoms with Crippen molar-refractivity contribution in [1.82, 2.24) is 0 Å². The second-order valence-electron chi connectivity index (χ2n) is 3.23. The maximum absolute atomic E-state index is 6.06. The molecule has 1 aliphatic carbocycles. The molecule has 0 aromatic carbocycles. The highest BCUT2D eigenvalue weighted by molar-refractivity contribution is 4.98. The van der Waals surface area contributed by atoms with E-state index in [0.29, 0.717) is 0 Å². The van der Waals surface area contributed by atoms with Crippen molar-refractivity contribution in [1.29, 1.82) is 0 Å². The lowest BCUT2D eigenvalue weighted by Crippen LogP contribution is -2.54. The summed E-state index contributed by atoms with van der Waals surface area (Å²) in [7, 11) is 0. The van der Waals surface area contributed by atoms with Crippen molar-refractivity contribution in [2.75, 3.05) is 0 Å². The van der Waals surface area contributed by atoms with Gasteiger partial charge in [0.15, 0.2) is 0 Å². The minimum atomic E-state index is 0.231. The van der Waals surface area contributed by atoms with Crippen LogP contribution in [0.2, 0.25) is 0 Å². The molecule has 0 aliphatic heterocycles. The van der Waals surface area contributed by atoms with Crippen LogP contribution in [0.15, 0.2) is 0 Å². The van der Waals surface area contributed by atoms with Crippen LogP contribution in [-0.2, 0) is 0 Å². The second kappa shape index (κ2) is 2.30. The van der Waals surface area contributed by atoms with Gasteiger partial charge in [0, 0.05) is 5.54 Å². The summed E-state index contributed by atoms with van der Waals surface area (Å²) in [4.78, 5) is 0. The van der Waals surface area contributed by atoms with E-state index < -0.39 is 0 Å². The summed E-state index contributed by atoms with van der Waals surface area (Å²) in [6.07, 6.45) is 5.04. The normalized spacial score (nSPS) is 42.3. The molecule has 0 bridgehead atoms. The summed E-state index contributed by atoms with van der Waals surface area (Å²) in [5.41, 5.74) is 6.29. The number of hydrogen-bond acceptors (Lipinski definition) is 1. The van der Waals surface area contributed by atoms with E-state index in [1.165, 1.54) is 19.3 Å². The summed E-state index contributed by atoms with van der Waals surface area (Å²) >= 11 is 0. The van der Waals surface area contributed by atoms with Crippen molar-refractivity contribution < 1.29 is 0 Å². The number of nitrogens with two attached hydrogens (primary N) is 1. The van der Waals surface area contributed by atoms with Gasteiger partial charge in [-0.3, -0.25) is 0 Å².